The molecule has 1 rings (SSSR count). The lowest BCUT2D eigenvalue weighted by Crippen LogP contribution is -2.30. The number of carbonyl (C=O) groups is 1. The van der Waals surface area contributed by atoms with Crippen LogP contribution in [0.4, 0.5) is 4.39 Å². The topological polar surface area (TPSA) is 63.3 Å². The average molecular weight is 183 g/mol. The Hall–Kier alpha value is -1.42. The van der Waals surface area contributed by atoms with Crippen molar-refractivity contribution in [2.24, 2.45) is 5.73 Å². The average Bonchev–Trinajstić information content (AvgIpc) is 2.17. The summed E-state index contributed by atoms with van der Waals surface area (Å²) < 4.78 is 12.9. The SMILES string of the molecule is NC(=O)[C@@H](F)[C@@H](O)c1ccccc1. The number of alkyl halides is 1. The molecule has 0 radical (unpaired) electrons. The van der Waals surface area contributed by atoms with Crippen molar-refractivity contribution in [3.05, 3.63) is 35.9 Å². The van der Waals surface area contributed by atoms with Crippen LogP contribution in [-0.2, 0) is 4.79 Å². The number of halogens is 1. The van der Waals surface area contributed by atoms with E-state index in [2.05, 4.69) is 0 Å². The standard InChI is InChI=1S/C9H10FNO2/c10-7(9(11)13)8(12)6-4-2-1-3-5-6/h1-5,7-8,12H,(H2,11,13)/t7-,8-/m0/s1. The number of hydrogen-bond acceptors (Lipinski definition) is 2. The molecule has 0 spiro atoms. The van der Waals surface area contributed by atoms with Gasteiger partial charge in [0.2, 0.25) is 6.17 Å². The largest absolute Gasteiger partial charge is 0.385 e. The molecule has 13 heavy (non-hydrogen) atoms. The summed E-state index contributed by atoms with van der Waals surface area (Å²) in [6, 6.07) is 8.08. The first-order valence-corrected chi connectivity index (χ1v) is 3.79. The van der Waals surface area contributed by atoms with Gasteiger partial charge in [0.15, 0.2) is 0 Å². The van der Waals surface area contributed by atoms with Crippen molar-refractivity contribution < 1.29 is 14.3 Å². The fraction of sp³-hybridized carbons (Fsp3) is 0.222. The second-order valence-electron chi connectivity index (χ2n) is 2.66. The van der Waals surface area contributed by atoms with Crippen LogP contribution >= 0.6 is 0 Å². The molecule has 3 nitrogen and oxygen atoms in total. The van der Waals surface area contributed by atoms with Gasteiger partial charge in [0, 0.05) is 0 Å². The zero-order valence-electron chi connectivity index (χ0n) is 6.85. The first-order valence-electron chi connectivity index (χ1n) is 3.79. The molecule has 0 unspecified atom stereocenters. The van der Waals surface area contributed by atoms with E-state index in [-0.39, 0.29) is 0 Å². The molecule has 0 heterocycles. The summed E-state index contributed by atoms with van der Waals surface area (Å²) in [6.45, 7) is 0. The van der Waals surface area contributed by atoms with Crippen LogP contribution in [-0.4, -0.2) is 17.2 Å². The number of benzene rings is 1. The van der Waals surface area contributed by atoms with Gasteiger partial charge < -0.3 is 10.8 Å². The molecule has 0 bridgehead atoms. The van der Waals surface area contributed by atoms with Crippen LogP contribution in [0.25, 0.3) is 0 Å². The lowest BCUT2D eigenvalue weighted by molar-refractivity contribution is -0.126. The second kappa shape index (κ2) is 4.00. The minimum atomic E-state index is -2.05. The summed E-state index contributed by atoms with van der Waals surface area (Å²) in [4.78, 5) is 10.4. The molecule has 0 aliphatic heterocycles. The number of primary amides is 1. The highest BCUT2D eigenvalue weighted by Gasteiger charge is 2.24. The minimum Gasteiger partial charge on any atom is -0.385 e. The van der Waals surface area contributed by atoms with Gasteiger partial charge in [0.25, 0.3) is 5.91 Å². The Kier molecular flexibility index (Phi) is 2.97. The molecule has 1 amide bonds. The highest BCUT2D eigenvalue weighted by molar-refractivity contribution is 5.79. The Labute approximate surface area is 75.0 Å². The van der Waals surface area contributed by atoms with Crippen molar-refractivity contribution in [2.75, 3.05) is 0 Å². The lowest BCUT2D eigenvalue weighted by atomic mass is 10.1. The molecule has 0 saturated carbocycles. The fourth-order valence-electron chi connectivity index (χ4n) is 0.975. The van der Waals surface area contributed by atoms with E-state index in [0.717, 1.165) is 0 Å². The van der Waals surface area contributed by atoms with E-state index in [1.54, 1.807) is 18.2 Å². The van der Waals surface area contributed by atoms with E-state index in [0.29, 0.717) is 5.56 Å². The van der Waals surface area contributed by atoms with Gasteiger partial charge >= 0.3 is 0 Å². The van der Waals surface area contributed by atoms with Crippen molar-refractivity contribution in [3.8, 4) is 0 Å². The Bertz CT molecular complexity index is 289. The van der Waals surface area contributed by atoms with E-state index >= 15 is 0 Å². The third kappa shape index (κ3) is 2.26. The number of aliphatic hydroxyl groups excluding tert-OH is 1. The van der Waals surface area contributed by atoms with Gasteiger partial charge in [-0.05, 0) is 5.56 Å². The molecular formula is C9H10FNO2. The molecular weight excluding hydrogens is 173 g/mol. The Morgan fingerprint density at radius 3 is 2.38 bits per heavy atom. The van der Waals surface area contributed by atoms with Crippen LogP contribution in [0.2, 0.25) is 0 Å². The van der Waals surface area contributed by atoms with Gasteiger partial charge in [-0.2, -0.15) is 0 Å². The van der Waals surface area contributed by atoms with Gasteiger partial charge in [-0.25, -0.2) is 4.39 Å². The molecule has 4 heteroatoms. The smallest absolute Gasteiger partial charge is 0.255 e. The highest BCUT2D eigenvalue weighted by atomic mass is 19.1. The molecule has 1 aromatic carbocycles. The van der Waals surface area contributed by atoms with E-state index in [4.69, 9.17) is 5.73 Å². The summed E-state index contributed by atoms with van der Waals surface area (Å²) in [5, 5.41) is 9.28. The van der Waals surface area contributed by atoms with Crippen LogP contribution in [0.3, 0.4) is 0 Å². The number of amides is 1. The summed E-state index contributed by atoms with van der Waals surface area (Å²) in [5.41, 5.74) is 5.04. The van der Waals surface area contributed by atoms with Crippen molar-refractivity contribution >= 4 is 5.91 Å². The maximum Gasteiger partial charge on any atom is 0.255 e. The highest BCUT2D eigenvalue weighted by Crippen LogP contribution is 2.18. The van der Waals surface area contributed by atoms with Gasteiger partial charge in [0.1, 0.15) is 6.10 Å². The van der Waals surface area contributed by atoms with Crippen molar-refractivity contribution in [1.82, 2.24) is 0 Å². The van der Waals surface area contributed by atoms with Crippen molar-refractivity contribution in [3.63, 3.8) is 0 Å². The Morgan fingerprint density at radius 1 is 1.38 bits per heavy atom. The van der Waals surface area contributed by atoms with Crippen molar-refractivity contribution in [2.45, 2.75) is 12.3 Å². The summed E-state index contributed by atoms with van der Waals surface area (Å²) >= 11 is 0. The van der Waals surface area contributed by atoms with E-state index in [1.807, 2.05) is 0 Å². The zero-order chi connectivity index (χ0) is 9.84. The monoisotopic (exact) mass is 183 g/mol. The summed E-state index contributed by atoms with van der Waals surface area (Å²) in [6.07, 6.45) is -3.53. The number of carbonyl (C=O) groups excluding carboxylic acids is 1. The number of aliphatic hydroxyl groups is 1. The molecule has 70 valence electrons. The second-order valence-corrected chi connectivity index (χ2v) is 2.66. The predicted molar refractivity (Wildman–Crippen MR) is 45.5 cm³/mol. The number of rotatable bonds is 3. The van der Waals surface area contributed by atoms with Crippen molar-refractivity contribution in [1.29, 1.82) is 0 Å². The van der Waals surface area contributed by atoms with Crippen LogP contribution in [0, 0.1) is 0 Å². The third-order valence-electron chi connectivity index (χ3n) is 1.69. The van der Waals surface area contributed by atoms with Gasteiger partial charge in [0.05, 0.1) is 0 Å². The van der Waals surface area contributed by atoms with Gasteiger partial charge in [-0.15, -0.1) is 0 Å². The minimum absolute atomic E-state index is 0.341. The lowest BCUT2D eigenvalue weighted by Gasteiger charge is -2.12. The van der Waals surface area contributed by atoms with Crippen LogP contribution in [0.1, 0.15) is 11.7 Å². The van der Waals surface area contributed by atoms with E-state index in [1.165, 1.54) is 12.1 Å². The molecule has 2 atom stereocenters. The summed E-state index contributed by atoms with van der Waals surface area (Å²) in [5.74, 6) is -1.16. The quantitative estimate of drug-likeness (QED) is 0.718. The molecule has 0 aliphatic carbocycles. The molecule has 0 aliphatic rings. The molecule has 0 saturated heterocycles. The predicted octanol–water partition coefficient (Wildman–Crippen LogP) is 0.543. The molecule has 1 aromatic rings. The molecule has 3 N–H and O–H groups in total. The maximum atomic E-state index is 12.9. The normalized spacial score (nSPS) is 14.9. The Morgan fingerprint density at radius 2 is 1.92 bits per heavy atom. The van der Waals surface area contributed by atoms with Crippen LogP contribution < -0.4 is 5.73 Å². The van der Waals surface area contributed by atoms with Gasteiger partial charge in [-0.1, -0.05) is 30.3 Å². The first-order chi connectivity index (χ1) is 6.13. The number of hydrogen-bond donors (Lipinski definition) is 2. The maximum absolute atomic E-state index is 12.9. The zero-order valence-corrected chi connectivity index (χ0v) is 6.85. The third-order valence-corrected chi connectivity index (χ3v) is 1.69. The van der Waals surface area contributed by atoms with E-state index in [9.17, 15) is 14.3 Å². The summed E-state index contributed by atoms with van der Waals surface area (Å²) in [7, 11) is 0. The Balaban J connectivity index is 2.79. The van der Waals surface area contributed by atoms with Gasteiger partial charge in [-0.3, -0.25) is 4.79 Å². The van der Waals surface area contributed by atoms with Crippen LogP contribution in [0.15, 0.2) is 30.3 Å². The molecule has 0 aromatic heterocycles. The number of nitrogens with two attached hydrogens (primary N) is 1. The van der Waals surface area contributed by atoms with E-state index < -0.39 is 18.2 Å². The fourth-order valence-corrected chi connectivity index (χ4v) is 0.975. The molecule has 0 fully saturated rings. The first kappa shape index (κ1) is 9.67. The van der Waals surface area contributed by atoms with Crippen LogP contribution in [0.5, 0.6) is 0 Å².